The monoisotopic (exact) mass is 528 g/mol. The number of rotatable bonds is 10. The number of hydrogen-bond donors (Lipinski definition) is 3. The lowest BCUT2D eigenvalue weighted by Crippen LogP contribution is -2.48. The smallest absolute Gasteiger partial charge is 0.251 e. The van der Waals surface area contributed by atoms with Gasteiger partial charge in [-0.15, -0.1) is 0 Å². The molecule has 196 valence electrons. The van der Waals surface area contributed by atoms with Gasteiger partial charge in [0.25, 0.3) is 5.91 Å². The Morgan fingerprint density at radius 2 is 1.73 bits per heavy atom. The Bertz CT molecular complexity index is 1370. The van der Waals surface area contributed by atoms with Crippen LogP contribution < -0.4 is 10.6 Å². The second-order valence-corrected chi connectivity index (χ2v) is 11.4. The van der Waals surface area contributed by atoms with Crippen molar-refractivity contribution in [1.82, 2.24) is 10.6 Å². The number of halogens is 2. The van der Waals surface area contributed by atoms with Crippen LogP contribution in [-0.4, -0.2) is 43.9 Å². The first kappa shape index (κ1) is 26.9. The number of amides is 1. The van der Waals surface area contributed by atoms with Gasteiger partial charge < -0.3 is 15.7 Å². The third kappa shape index (κ3) is 6.80. The SMILES string of the molecule is CCc1cccc(CNC[C@H](O)[C@H](Cc2cc(F)cc(F)c2)NC(=O)c2ccc3c(c2)S(=O)(=O)CC3)c1. The molecule has 0 unspecified atom stereocenters. The minimum atomic E-state index is -3.43. The highest BCUT2D eigenvalue weighted by atomic mass is 32.2. The van der Waals surface area contributed by atoms with Crippen LogP contribution in [0.15, 0.2) is 65.6 Å². The molecule has 1 heterocycles. The maximum atomic E-state index is 13.8. The first-order valence-electron chi connectivity index (χ1n) is 12.2. The highest BCUT2D eigenvalue weighted by Crippen LogP contribution is 2.27. The fourth-order valence-corrected chi connectivity index (χ4v) is 6.11. The van der Waals surface area contributed by atoms with E-state index in [0.717, 1.165) is 30.2 Å². The highest BCUT2D eigenvalue weighted by molar-refractivity contribution is 7.91. The number of sulfone groups is 1. The second-order valence-electron chi connectivity index (χ2n) is 9.32. The third-order valence-electron chi connectivity index (χ3n) is 6.55. The molecule has 0 aliphatic carbocycles. The molecule has 0 fully saturated rings. The van der Waals surface area contributed by atoms with Crippen LogP contribution >= 0.6 is 0 Å². The summed E-state index contributed by atoms with van der Waals surface area (Å²) in [7, 11) is -3.43. The Hall–Kier alpha value is -3.14. The van der Waals surface area contributed by atoms with E-state index in [1.54, 1.807) is 12.1 Å². The van der Waals surface area contributed by atoms with E-state index < -0.39 is 39.5 Å². The van der Waals surface area contributed by atoms with E-state index in [1.807, 2.05) is 18.2 Å². The van der Waals surface area contributed by atoms with Crippen LogP contribution in [0.5, 0.6) is 0 Å². The maximum Gasteiger partial charge on any atom is 0.251 e. The number of hydrogen-bond acceptors (Lipinski definition) is 5. The Morgan fingerprint density at radius 1 is 1.00 bits per heavy atom. The summed E-state index contributed by atoms with van der Waals surface area (Å²) >= 11 is 0. The van der Waals surface area contributed by atoms with E-state index in [1.165, 1.54) is 11.6 Å². The van der Waals surface area contributed by atoms with Gasteiger partial charge in [0.2, 0.25) is 0 Å². The van der Waals surface area contributed by atoms with Crippen molar-refractivity contribution in [2.75, 3.05) is 12.3 Å². The standard InChI is InChI=1S/C28H30F2N2O4S/c1-2-18-4-3-5-19(10-18)16-31-17-26(33)25(13-20-11-23(29)15-24(30)12-20)32-28(34)22-7-6-21-8-9-37(35,36)27(21)14-22/h3-7,10-12,14-15,25-26,31,33H,2,8-9,13,16-17H2,1H3,(H,32,34)/t25-,26-/m0/s1. The molecule has 0 spiro atoms. The van der Waals surface area contributed by atoms with Crippen LogP contribution in [0.4, 0.5) is 8.78 Å². The van der Waals surface area contributed by atoms with Crippen molar-refractivity contribution in [2.24, 2.45) is 0 Å². The molecule has 37 heavy (non-hydrogen) atoms. The summed E-state index contributed by atoms with van der Waals surface area (Å²) in [6, 6.07) is 14.7. The molecule has 3 aromatic carbocycles. The van der Waals surface area contributed by atoms with Crippen LogP contribution in [-0.2, 0) is 35.6 Å². The molecule has 0 saturated carbocycles. The number of aryl methyl sites for hydroxylation is 2. The molecule has 1 amide bonds. The topological polar surface area (TPSA) is 95.5 Å². The Labute approximate surface area is 215 Å². The summed E-state index contributed by atoms with van der Waals surface area (Å²) in [5.74, 6) is -2.09. The predicted molar refractivity (Wildman–Crippen MR) is 137 cm³/mol. The zero-order valence-electron chi connectivity index (χ0n) is 20.5. The molecule has 9 heteroatoms. The Kier molecular flexibility index (Phi) is 8.36. The van der Waals surface area contributed by atoms with Gasteiger partial charge in [-0.05, 0) is 65.8 Å². The summed E-state index contributed by atoms with van der Waals surface area (Å²) in [4.78, 5) is 13.2. The van der Waals surface area contributed by atoms with Crippen LogP contribution in [0.1, 0.15) is 39.5 Å². The van der Waals surface area contributed by atoms with Gasteiger partial charge >= 0.3 is 0 Å². The molecule has 2 atom stereocenters. The van der Waals surface area contributed by atoms with Crippen molar-refractivity contribution >= 4 is 15.7 Å². The van der Waals surface area contributed by atoms with Gasteiger partial charge in [0, 0.05) is 24.7 Å². The van der Waals surface area contributed by atoms with E-state index in [2.05, 4.69) is 23.6 Å². The number of carbonyl (C=O) groups is 1. The van der Waals surface area contributed by atoms with E-state index >= 15 is 0 Å². The Balaban J connectivity index is 1.50. The van der Waals surface area contributed by atoms with E-state index in [4.69, 9.17) is 0 Å². The Morgan fingerprint density at radius 3 is 2.46 bits per heavy atom. The molecular formula is C28H30F2N2O4S. The van der Waals surface area contributed by atoms with Crippen molar-refractivity contribution < 1.29 is 27.1 Å². The summed E-state index contributed by atoms with van der Waals surface area (Å²) in [5, 5.41) is 16.9. The summed E-state index contributed by atoms with van der Waals surface area (Å²) in [5.41, 5.74) is 3.30. The molecule has 4 rings (SSSR count). The number of aliphatic hydroxyl groups excluding tert-OH is 1. The summed E-state index contributed by atoms with van der Waals surface area (Å²) in [6.07, 6.45) is 0.179. The highest BCUT2D eigenvalue weighted by Gasteiger charge is 2.28. The normalized spacial score (nSPS) is 15.7. The largest absolute Gasteiger partial charge is 0.390 e. The average Bonchev–Trinajstić information content (AvgIpc) is 3.17. The maximum absolute atomic E-state index is 13.8. The van der Waals surface area contributed by atoms with Crippen LogP contribution in [0.3, 0.4) is 0 Å². The first-order chi connectivity index (χ1) is 17.6. The number of carbonyl (C=O) groups excluding carboxylic acids is 1. The van der Waals surface area contributed by atoms with Crippen LogP contribution in [0.2, 0.25) is 0 Å². The molecule has 3 aromatic rings. The molecular weight excluding hydrogens is 498 g/mol. The van der Waals surface area contributed by atoms with Crippen molar-refractivity contribution in [3.8, 4) is 0 Å². The number of aliphatic hydroxyl groups is 1. The van der Waals surface area contributed by atoms with Gasteiger partial charge in [-0.25, -0.2) is 17.2 Å². The zero-order chi connectivity index (χ0) is 26.6. The van der Waals surface area contributed by atoms with Gasteiger partial charge in [-0.2, -0.15) is 0 Å². The van der Waals surface area contributed by atoms with E-state index in [-0.39, 0.29) is 34.7 Å². The van der Waals surface area contributed by atoms with E-state index in [0.29, 0.717) is 18.5 Å². The lowest BCUT2D eigenvalue weighted by molar-refractivity contribution is 0.0829. The number of benzene rings is 3. The summed E-state index contributed by atoms with van der Waals surface area (Å²) in [6.45, 7) is 2.66. The predicted octanol–water partition coefficient (Wildman–Crippen LogP) is 3.35. The summed E-state index contributed by atoms with van der Waals surface area (Å²) < 4.78 is 52.2. The molecule has 0 radical (unpaired) electrons. The molecule has 1 aliphatic heterocycles. The van der Waals surface area contributed by atoms with E-state index in [9.17, 15) is 27.1 Å². The van der Waals surface area contributed by atoms with Gasteiger partial charge in [0.05, 0.1) is 22.8 Å². The molecule has 6 nitrogen and oxygen atoms in total. The molecule has 0 aromatic heterocycles. The van der Waals surface area contributed by atoms with Crippen molar-refractivity contribution in [2.45, 2.75) is 49.8 Å². The van der Waals surface area contributed by atoms with Gasteiger partial charge in [0.15, 0.2) is 9.84 Å². The van der Waals surface area contributed by atoms with Crippen molar-refractivity contribution in [3.63, 3.8) is 0 Å². The fourth-order valence-electron chi connectivity index (χ4n) is 4.53. The third-order valence-corrected chi connectivity index (χ3v) is 8.34. The second kappa shape index (κ2) is 11.5. The molecule has 1 aliphatic rings. The molecule has 3 N–H and O–H groups in total. The van der Waals surface area contributed by atoms with Crippen LogP contribution in [0, 0.1) is 11.6 Å². The van der Waals surface area contributed by atoms with Crippen molar-refractivity contribution in [1.29, 1.82) is 0 Å². The molecule has 0 saturated heterocycles. The van der Waals surface area contributed by atoms with Gasteiger partial charge in [-0.3, -0.25) is 4.79 Å². The lowest BCUT2D eigenvalue weighted by atomic mass is 9.99. The van der Waals surface area contributed by atoms with Crippen LogP contribution in [0.25, 0.3) is 0 Å². The fraction of sp³-hybridized carbons (Fsp3) is 0.321. The first-order valence-corrected chi connectivity index (χ1v) is 13.9. The van der Waals surface area contributed by atoms with Gasteiger partial charge in [-0.1, -0.05) is 37.3 Å². The van der Waals surface area contributed by atoms with Gasteiger partial charge in [0.1, 0.15) is 11.6 Å². The minimum absolute atomic E-state index is 0.00666. The lowest BCUT2D eigenvalue weighted by Gasteiger charge is -2.25. The minimum Gasteiger partial charge on any atom is -0.390 e. The quantitative estimate of drug-likeness (QED) is 0.375. The van der Waals surface area contributed by atoms with Crippen molar-refractivity contribution in [3.05, 3.63) is 100 Å². The number of fused-ring (bicyclic) bond motifs is 1. The molecule has 0 bridgehead atoms. The zero-order valence-corrected chi connectivity index (χ0v) is 21.3. The average molecular weight is 529 g/mol. The number of nitrogens with one attached hydrogen (secondary N) is 2.